The summed E-state index contributed by atoms with van der Waals surface area (Å²) in [4.78, 5) is 15.7. The van der Waals surface area contributed by atoms with Gasteiger partial charge in [-0.05, 0) is 46.6 Å². The van der Waals surface area contributed by atoms with Crippen molar-refractivity contribution >= 4 is 27.7 Å². The first-order valence-corrected chi connectivity index (χ1v) is 6.73. The van der Waals surface area contributed by atoms with E-state index in [2.05, 4.69) is 26.2 Å². The first-order valence-electron chi connectivity index (χ1n) is 5.94. The highest BCUT2D eigenvalue weighted by molar-refractivity contribution is 9.10. The number of benzene rings is 1. The molecular weight excluding hydrogens is 327 g/mol. The predicted octanol–water partition coefficient (Wildman–Crippen LogP) is 3.29. The maximum absolute atomic E-state index is 13.3. The van der Waals surface area contributed by atoms with Gasteiger partial charge in [-0.15, -0.1) is 0 Å². The van der Waals surface area contributed by atoms with Gasteiger partial charge in [0.15, 0.2) is 18.2 Å². The van der Waals surface area contributed by atoms with Crippen molar-refractivity contribution in [1.82, 2.24) is 4.98 Å². The first-order chi connectivity index (χ1) is 9.54. The van der Waals surface area contributed by atoms with Crippen LogP contribution < -0.4 is 10.1 Å². The Bertz CT molecular complexity index is 719. The van der Waals surface area contributed by atoms with Crippen LogP contribution in [0, 0.1) is 12.7 Å². The fourth-order valence-electron chi connectivity index (χ4n) is 1.98. The van der Waals surface area contributed by atoms with Gasteiger partial charge in [-0.3, -0.25) is 4.79 Å². The van der Waals surface area contributed by atoms with Crippen LogP contribution in [0.3, 0.4) is 0 Å². The molecule has 2 aromatic rings. The number of anilines is 1. The van der Waals surface area contributed by atoms with Crippen LogP contribution in [-0.2, 0) is 4.79 Å². The van der Waals surface area contributed by atoms with Crippen molar-refractivity contribution in [2.75, 3.05) is 11.9 Å². The van der Waals surface area contributed by atoms with Gasteiger partial charge in [0.2, 0.25) is 0 Å². The van der Waals surface area contributed by atoms with Crippen LogP contribution in [0.5, 0.6) is 5.75 Å². The number of nitrogens with one attached hydrogen (secondary N) is 1. The van der Waals surface area contributed by atoms with Crippen molar-refractivity contribution in [2.24, 2.45) is 0 Å². The lowest BCUT2D eigenvalue weighted by Crippen LogP contribution is -2.26. The number of halogens is 2. The second kappa shape index (κ2) is 4.86. The summed E-state index contributed by atoms with van der Waals surface area (Å²) in [6.45, 7) is 1.67. The Labute approximate surface area is 123 Å². The van der Waals surface area contributed by atoms with E-state index in [1.165, 1.54) is 6.07 Å². The van der Waals surface area contributed by atoms with Gasteiger partial charge in [-0.25, -0.2) is 9.37 Å². The highest BCUT2D eigenvalue weighted by Gasteiger charge is 2.20. The molecule has 0 radical (unpaired) electrons. The van der Waals surface area contributed by atoms with E-state index in [-0.39, 0.29) is 18.3 Å². The number of nitrogens with zero attached hydrogens (tertiary/aromatic N) is 1. The van der Waals surface area contributed by atoms with Crippen molar-refractivity contribution in [1.29, 1.82) is 0 Å². The van der Waals surface area contributed by atoms with Gasteiger partial charge < -0.3 is 10.1 Å². The zero-order valence-corrected chi connectivity index (χ0v) is 12.1. The molecule has 1 N–H and O–H groups in total. The van der Waals surface area contributed by atoms with Gasteiger partial charge in [-0.1, -0.05) is 0 Å². The second-order valence-corrected chi connectivity index (χ2v) is 5.32. The summed E-state index contributed by atoms with van der Waals surface area (Å²) < 4.78 is 19.3. The van der Waals surface area contributed by atoms with Crippen molar-refractivity contribution in [2.45, 2.75) is 6.92 Å². The van der Waals surface area contributed by atoms with Crippen LogP contribution in [0.1, 0.15) is 5.56 Å². The van der Waals surface area contributed by atoms with Gasteiger partial charge in [0, 0.05) is 16.1 Å². The molecule has 0 saturated heterocycles. The Morgan fingerprint density at radius 2 is 2.20 bits per heavy atom. The smallest absolute Gasteiger partial charge is 0.263 e. The Morgan fingerprint density at radius 1 is 1.40 bits per heavy atom. The summed E-state index contributed by atoms with van der Waals surface area (Å²) in [6, 6.07) is 6.50. The number of ether oxygens (including phenoxy) is 1. The van der Waals surface area contributed by atoms with Gasteiger partial charge in [0.05, 0.1) is 5.69 Å². The van der Waals surface area contributed by atoms with Crippen molar-refractivity contribution < 1.29 is 13.9 Å². The largest absolute Gasteiger partial charge is 0.480 e. The lowest BCUT2D eigenvalue weighted by molar-refractivity contribution is -0.118. The minimum absolute atomic E-state index is 0.0177. The molecule has 4 nitrogen and oxygen atoms in total. The van der Waals surface area contributed by atoms with Gasteiger partial charge in [0.1, 0.15) is 5.82 Å². The molecule has 3 rings (SSSR count). The number of fused-ring (bicyclic) bond motifs is 1. The SMILES string of the molecule is Cc1cc(-c2nc3c(cc2Br)OCC(=O)N3)ccc1F. The molecule has 1 aliphatic rings. The van der Waals surface area contributed by atoms with Crippen LogP contribution in [0.25, 0.3) is 11.3 Å². The highest BCUT2D eigenvalue weighted by Crippen LogP contribution is 2.35. The van der Waals surface area contributed by atoms with E-state index in [1.807, 2.05) is 0 Å². The molecule has 1 aromatic heterocycles. The van der Waals surface area contributed by atoms with Crippen molar-refractivity contribution in [3.63, 3.8) is 0 Å². The van der Waals surface area contributed by atoms with Crippen molar-refractivity contribution in [3.8, 4) is 17.0 Å². The summed E-state index contributed by atoms with van der Waals surface area (Å²) in [6.07, 6.45) is 0. The highest BCUT2D eigenvalue weighted by atomic mass is 79.9. The van der Waals surface area contributed by atoms with Crippen molar-refractivity contribution in [3.05, 3.63) is 40.1 Å². The lowest BCUT2D eigenvalue weighted by Gasteiger charge is -2.18. The fraction of sp³-hybridized carbons (Fsp3) is 0.143. The number of aromatic nitrogens is 1. The Hall–Kier alpha value is -1.95. The molecule has 0 aliphatic carbocycles. The molecule has 0 spiro atoms. The molecule has 1 amide bonds. The minimum Gasteiger partial charge on any atom is -0.480 e. The second-order valence-electron chi connectivity index (χ2n) is 4.47. The summed E-state index contributed by atoms with van der Waals surface area (Å²) in [5.41, 5.74) is 1.92. The summed E-state index contributed by atoms with van der Waals surface area (Å²) >= 11 is 3.42. The maximum Gasteiger partial charge on any atom is 0.263 e. The zero-order valence-electron chi connectivity index (χ0n) is 10.5. The molecule has 102 valence electrons. The summed E-state index contributed by atoms with van der Waals surface area (Å²) in [7, 11) is 0. The van der Waals surface area contributed by atoms with E-state index in [0.717, 1.165) is 10.0 Å². The van der Waals surface area contributed by atoms with Crippen LogP contribution >= 0.6 is 15.9 Å². The number of carbonyl (C=O) groups excluding carboxylic acids is 1. The Balaban J connectivity index is 2.11. The monoisotopic (exact) mass is 336 g/mol. The summed E-state index contributed by atoms with van der Waals surface area (Å²) in [5.74, 6) is 0.383. The summed E-state index contributed by atoms with van der Waals surface area (Å²) in [5, 5.41) is 2.65. The van der Waals surface area contributed by atoms with E-state index in [9.17, 15) is 9.18 Å². The predicted molar refractivity (Wildman–Crippen MR) is 76.2 cm³/mol. The number of pyridine rings is 1. The van der Waals surface area contributed by atoms with E-state index in [1.54, 1.807) is 25.1 Å². The van der Waals surface area contributed by atoms with Crippen LogP contribution in [0.4, 0.5) is 10.2 Å². The number of aryl methyl sites for hydroxylation is 1. The zero-order chi connectivity index (χ0) is 14.3. The average Bonchev–Trinajstić information content (AvgIpc) is 2.42. The molecule has 20 heavy (non-hydrogen) atoms. The minimum atomic E-state index is -0.264. The average molecular weight is 337 g/mol. The Kier molecular flexibility index (Phi) is 3.17. The number of hydrogen-bond acceptors (Lipinski definition) is 3. The van der Waals surface area contributed by atoms with E-state index >= 15 is 0 Å². The van der Waals surface area contributed by atoms with E-state index < -0.39 is 0 Å². The number of rotatable bonds is 1. The lowest BCUT2D eigenvalue weighted by atomic mass is 10.1. The van der Waals surface area contributed by atoms with Crippen LogP contribution in [-0.4, -0.2) is 17.5 Å². The van der Waals surface area contributed by atoms with Gasteiger partial charge in [-0.2, -0.15) is 0 Å². The molecule has 1 aliphatic heterocycles. The third kappa shape index (κ3) is 2.27. The topological polar surface area (TPSA) is 51.2 Å². The number of hydrogen-bond donors (Lipinski definition) is 1. The fourth-order valence-corrected chi connectivity index (χ4v) is 2.50. The normalized spacial score (nSPS) is 13.4. The van der Waals surface area contributed by atoms with Crippen LogP contribution in [0.15, 0.2) is 28.7 Å². The maximum atomic E-state index is 13.3. The van der Waals surface area contributed by atoms with E-state index in [0.29, 0.717) is 22.8 Å². The third-order valence-electron chi connectivity index (χ3n) is 2.99. The molecular formula is C14H10BrFN2O2. The first kappa shape index (κ1) is 13.1. The standard InChI is InChI=1S/C14H10BrFN2O2/c1-7-4-8(2-3-10(7)16)13-9(15)5-11-14(18-13)17-12(19)6-20-11/h2-5H,6H2,1H3,(H,17,18,19). The molecule has 6 heteroatoms. The third-order valence-corrected chi connectivity index (χ3v) is 3.59. The molecule has 0 unspecified atom stereocenters. The molecule has 0 fully saturated rings. The Morgan fingerprint density at radius 3 is 2.95 bits per heavy atom. The molecule has 1 aromatic carbocycles. The van der Waals surface area contributed by atoms with Crippen LogP contribution in [0.2, 0.25) is 0 Å². The number of carbonyl (C=O) groups is 1. The molecule has 0 atom stereocenters. The molecule has 0 saturated carbocycles. The molecule has 0 bridgehead atoms. The number of amides is 1. The quantitative estimate of drug-likeness (QED) is 0.869. The van der Waals surface area contributed by atoms with Gasteiger partial charge >= 0.3 is 0 Å². The van der Waals surface area contributed by atoms with E-state index in [4.69, 9.17) is 4.74 Å². The molecule has 2 heterocycles. The van der Waals surface area contributed by atoms with Gasteiger partial charge in [0.25, 0.3) is 5.91 Å².